The predicted octanol–water partition coefficient (Wildman–Crippen LogP) is 3.95. The molecule has 5 nitrogen and oxygen atoms in total. The molecular formula is C19H21ClN2O3. The van der Waals surface area contributed by atoms with Crippen molar-refractivity contribution in [1.29, 1.82) is 0 Å². The second kappa shape index (κ2) is 8.74. The molecule has 132 valence electrons. The van der Waals surface area contributed by atoms with Crippen molar-refractivity contribution < 1.29 is 14.3 Å². The topological polar surface area (TPSA) is 59.6 Å². The summed E-state index contributed by atoms with van der Waals surface area (Å²) in [5.41, 5.74) is 1.45. The van der Waals surface area contributed by atoms with Crippen LogP contribution in [0, 0.1) is 0 Å². The van der Waals surface area contributed by atoms with E-state index in [0.717, 1.165) is 25.1 Å². The van der Waals surface area contributed by atoms with E-state index < -0.39 is 0 Å². The van der Waals surface area contributed by atoms with Crippen LogP contribution in [0.25, 0.3) is 0 Å². The van der Waals surface area contributed by atoms with Gasteiger partial charge in [0.05, 0.1) is 18.3 Å². The number of para-hydroxylation sites is 2. The van der Waals surface area contributed by atoms with Crippen molar-refractivity contribution in [1.82, 2.24) is 0 Å². The molecule has 1 saturated heterocycles. The van der Waals surface area contributed by atoms with E-state index in [2.05, 4.69) is 10.6 Å². The number of hydrogen-bond donors (Lipinski definition) is 2. The summed E-state index contributed by atoms with van der Waals surface area (Å²) < 4.78 is 11.4. The van der Waals surface area contributed by atoms with Crippen molar-refractivity contribution in [3.63, 3.8) is 0 Å². The Bertz CT molecular complexity index is 717. The van der Waals surface area contributed by atoms with Crippen molar-refractivity contribution in [2.24, 2.45) is 0 Å². The molecule has 0 saturated carbocycles. The van der Waals surface area contributed by atoms with Crippen LogP contribution in [0.1, 0.15) is 12.8 Å². The summed E-state index contributed by atoms with van der Waals surface area (Å²) in [4.78, 5) is 12.2. The van der Waals surface area contributed by atoms with E-state index in [4.69, 9.17) is 21.1 Å². The fourth-order valence-electron chi connectivity index (χ4n) is 2.63. The number of halogens is 1. The maximum atomic E-state index is 12.2. The van der Waals surface area contributed by atoms with Crippen molar-refractivity contribution >= 4 is 28.9 Å². The molecule has 0 radical (unpaired) electrons. The zero-order valence-electron chi connectivity index (χ0n) is 13.8. The normalized spacial score (nSPS) is 16.4. The Balaban J connectivity index is 1.53. The fraction of sp³-hybridized carbons (Fsp3) is 0.316. The summed E-state index contributed by atoms with van der Waals surface area (Å²) in [7, 11) is 0. The molecule has 6 heteroatoms. The average molecular weight is 361 g/mol. The fourth-order valence-corrected chi connectivity index (χ4v) is 2.82. The van der Waals surface area contributed by atoms with Gasteiger partial charge in [0.25, 0.3) is 0 Å². The Morgan fingerprint density at radius 2 is 2.12 bits per heavy atom. The first-order chi connectivity index (χ1) is 12.2. The zero-order valence-corrected chi connectivity index (χ0v) is 14.6. The maximum Gasteiger partial charge on any atom is 0.243 e. The van der Waals surface area contributed by atoms with E-state index in [1.165, 1.54) is 0 Å². The number of rotatable bonds is 7. The number of carbonyl (C=O) groups is 1. The second-order valence-electron chi connectivity index (χ2n) is 5.85. The van der Waals surface area contributed by atoms with Crippen LogP contribution in [0.5, 0.6) is 5.75 Å². The molecule has 0 spiro atoms. The number of hydrogen-bond acceptors (Lipinski definition) is 4. The van der Waals surface area contributed by atoms with Gasteiger partial charge in [-0.05, 0) is 43.2 Å². The minimum absolute atomic E-state index is 0.133. The highest BCUT2D eigenvalue weighted by atomic mass is 35.5. The van der Waals surface area contributed by atoms with Crippen LogP contribution in [0.4, 0.5) is 11.4 Å². The SMILES string of the molecule is O=C(CNc1cccc(Cl)c1)Nc1ccccc1OCC1CCCO1. The van der Waals surface area contributed by atoms with Gasteiger partial charge in [-0.25, -0.2) is 0 Å². The van der Waals surface area contributed by atoms with Gasteiger partial charge in [0.2, 0.25) is 5.91 Å². The first-order valence-electron chi connectivity index (χ1n) is 8.33. The van der Waals surface area contributed by atoms with Crippen molar-refractivity contribution in [2.75, 3.05) is 30.4 Å². The minimum atomic E-state index is -0.159. The highest BCUT2D eigenvalue weighted by Crippen LogP contribution is 2.25. The number of benzene rings is 2. The van der Waals surface area contributed by atoms with Crippen LogP contribution >= 0.6 is 11.6 Å². The van der Waals surface area contributed by atoms with E-state index in [1.807, 2.05) is 36.4 Å². The summed E-state index contributed by atoms with van der Waals surface area (Å²) in [6, 6.07) is 14.7. The standard InChI is InChI=1S/C19H21ClN2O3/c20-14-5-3-6-15(11-14)21-12-19(23)22-17-8-1-2-9-18(17)25-13-16-7-4-10-24-16/h1-3,5-6,8-9,11,16,21H,4,7,10,12-13H2,(H,22,23). The largest absolute Gasteiger partial charge is 0.489 e. The molecule has 1 aliphatic heterocycles. The molecule has 25 heavy (non-hydrogen) atoms. The number of anilines is 2. The van der Waals surface area contributed by atoms with Gasteiger partial charge in [-0.1, -0.05) is 29.8 Å². The van der Waals surface area contributed by atoms with Gasteiger partial charge in [-0.3, -0.25) is 4.79 Å². The van der Waals surface area contributed by atoms with Gasteiger partial charge < -0.3 is 20.1 Å². The minimum Gasteiger partial charge on any atom is -0.489 e. The molecule has 0 aliphatic carbocycles. The molecular weight excluding hydrogens is 340 g/mol. The van der Waals surface area contributed by atoms with Crippen molar-refractivity contribution in [3.8, 4) is 5.75 Å². The lowest BCUT2D eigenvalue weighted by atomic mass is 10.2. The van der Waals surface area contributed by atoms with Gasteiger partial charge >= 0.3 is 0 Å². The molecule has 2 N–H and O–H groups in total. The second-order valence-corrected chi connectivity index (χ2v) is 6.29. The number of ether oxygens (including phenoxy) is 2. The van der Waals surface area contributed by atoms with Crippen molar-refractivity contribution in [3.05, 3.63) is 53.6 Å². The first-order valence-corrected chi connectivity index (χ1v) is 8.71. The molecule has 1 amide bonds. The van der Waals surface area contributed by atoms with E-state index >= 15 is 0 Å². The van der Waals surface area contributed by atoms with Gasteiger partial charge in [0, 0.05) is 17.3 Å². The molecule has 1 unspecified atom stereocenters. The van der Waals surface area contributed by atoms with E-state index in [0.29, 0.717) is 23.1 Å². The van der Waals surface area contributed by atoms with Gasteiger partial charge in [0.15, 0.2) is 0 Å². The molecule has 1 heterocycles. The summed E-state index contributed by atoms with van der Waals surface area (Å²) in [6.45, 7) is 1.43. The lowest BCUT2D eigenvalue weighted by Crippen LogP contribution is -2.22. The molecule has 1 fully saturated rings. The first kappa shape index (κ1) is 17.6. The molecule has 2 aromatic rings. The lowest BCUT2D eigenvalue weighted by molar-refractivity contribution is -0.114. The van der Waals surface area contributed by atoms with Crippen LogP contribution in [0.2, 0.25) is 5.02 Å². The third-order valence-corrected chi connectivity index (χ3v) is 4.12. The molecule has 0 bridgehead atoms. The van der Waals surface area contributed by atoms with Crippen LogP contribution in [0.3, 0.4) is 0 Å². The van der Waals surface area contributed by atoms with Gasteiger partial charge in [0.1, 0.15) is 12.4 Å². The van der Waals surface area contributed by atoms with Crippen LogP contribution < -0.4 is 15.4 Å². The van der Waals surface area contributed by atoms with Gasteiger partial charge in [-0.15, -0.1) is 0 Å². The Morgan fingerprint density at radius 3 is 2.92 bits per heavy atom. The van der Waals surface area contributed by atoms with E-state index in [1.54, 1.807) is 12.1 Å². The molecule has 1 aliphatic rings. The average Bonchev–Trinajstić information content (AvgIpc) is 3.13. The molecule has 2 aromatic carbocycles. The summed E-state index contributed by atoms with van der Waals surface area (Å²) in [5.74, 6) is 0.488. The van der Waals surface area contributed by atoms with Crippen LogP contribution in [-0.2, 0) is 9.53 Å². The highest BCUT2D eigenvalue weighted by molar-refractivity contribution is 6.30. The van der Waals surface area contributed by atoms with Crippen LogP contribution in [0.15, 0.2) is 48.5 Å². The lowest BCUT2D eigenvalue weighted by Gasteiger charge is -2.15. The van der Waals surface area contributed by atoms with E-state index in [9.17, 15) is 4.79 Å². The number of amides is 1. The monoisotopic (exact) mass is 360 g/mol. The van der Waals surface area contributed by atoms with Crippen LogP contribution in [-0.4, -0.2) is 31.8 Å². The Morgan fingerprint density at radius 1 is 1.24 bits per heavy atom. The smallest absolute Gasteiger partial charge is 0.243 e. The third kappa shape index (κ3) is 5.37. The molecule has 1 atom stereocenters. The summed E-state index contributed by atoms with van der Waals surface area (Å²) in [6.07, 6.45) is 2.22. The molecule has 3 rings (SSSR count). The van der Waals surface area contributed by atoms with Gasteiger partial charge in [-0.2, -0.15) is 0 Å². The predicted molar refractivity (Wildman–Crippen MR) is 99.5 cm³/mol. The summed E-state index contributed by atoms with van der Waals surface area (Å²) in [5, 5.41) is 6.54. The Hall–Kier alpha value is -2.24. The summed E-state index contributed by atoms with van der Waals surface area (Å²) >= 11 is 5.93. The Labute approximate surface area is 152 Å². The zero-order chi connectivity index (χ0) is 17.5. The number of nitrogens with one attached hydrogen (secondary N) is 2. The highest BCUT2D eigenvalue weighted by Gasteiger charge is 2.17. The third-order valence-electron chi connectivity index (χ3n) is 3.89. The number of carbonyl (C=O) groups excluding carboxylic acids is 1. The Kier molecular flexibility index (Phi) is 6.14. The quantitative estimate of drug-likeness (QED) is 0.785. The van der Waals surface area contributed by atoms with Crippen molar-refractivity contribution in [2.45, 2.75) is 18.9 Å². The maximum absolute atomic E-state index is 12.2. The molecule has 0 aromatic heterocycles. The van der Waals surface area contributed by atoms with E-state index in [-0.39, 0.29) is 18.6 Å².